The SMILES string of the molecule is CCC(CC(=O)CC(CC)C1COC1)C1COC1. The van der Waals surface area contributed by atoms with Gasteiger partial charge in [-0.15, -0.1) is 0 Å². The molecular weight excluding hydrogens is 228 g/mol. The third kappa shape index (κ3) is 3.33. The Hall–Kier alpha value is -0.410. The van der Waals surface area contributed by atoms with Crippen LogP contribution in [0.3, 0.4) is 0 Å². The van der Waals surface area contributed by atoms with Crippen LogP contribution in [-0.2, 0) is 14.3 Å². The van der Waals surface area contributed by atoms with E-state index in [4.69, 9.17) is 9.47 Å². The summed E-state index contributed by atoms with van der Waals surface area (Å²) in [6, 6.07) is 0. The van der Waals surface area contributed by atoms with Crippen LogP contribution in [0.2, 0.25) is 0 Å². The van der Waals surface area contributed by atoms with Gasteiger partial charge in [-0.2, -0.15) is 0 Å². The molecule has 2 aliphatic heterocycles. The van der Waals surface area contributed by atoms with Gasteiger partial charge in [0.2, 0.25) is 0 Å². The van der Waals surface area contributed by atoms with E-state index < -0.39 is 0 Å². The van der Waals surface area contributed by atoms with E-state index in [1.165, 1.54) is 0 Å². The van der Waals surface area contributed by atoms with Crippen LogP contribution in [-0.4, -0.2) is 32.2 Å². The maximum absolute atomic E-state index is 12.2. The van der Waals surface area contributed by atoms with E-state index >= 15 is 0 Å². The normalized spacial score (nSPS) is 24.1. The van der Waals surface area contributed by atoms with Crippen LogP contribution in [0.4, 0.5) is 0 Å². The lowest BCUT2D eigenvalue weighted by Crippen LogP contribution is -2.37. The van der Waals surface area contributed by atoms with Crippen molar-refractivity contribution < 1.29 is 14.3 Å². The predicted octanol–water partition coefficient (Wildman–Crippen LogP) is 2.68. The predicted molar refractivity (Wildman–Crippen MR) is 70.4 cm³/mol. The third-order valence-corrected chi connectivity index (χ3v) is 4.69. The number of rotatable bonds is 8. The fourth-order valence-electron chi connectivity index (χ4n) is 3.01. The smallest absolute Gasteiger partial charge is 0.133 e. The highest BCUT2D eigenvalue weighted by Crippen LogP contribution is 2.30. The maximum Gasteiger partial charge on any atom is 0.133 e. The topological polar surface area (TPSA) is 35.5 Å². The monoisotopic (exact) mass is 254 g/mol. The number of ether oxygens (including phenoxy) is 2. The molecule has 0 aromatic heterocycles. The van der Waals surface area contributed by atoms with Gasteiger partial charge in [-0.3, -0.25) is 4.79 Å². The lowest BCUT2D eigenvalue weighted by Gasteiger charge is -2.35. The highest BCUT2D eigenvalue weighted by Gasteiger charge is 2.32. The highest BCUT2D eigenvalue weighted by molar-refractivity contribution is 5.79. The first kappa shape index (κ1) is 14.0. The molecule has 2 rings (SSSR count). The van der Waals surface area contributed by atoms with Gasteiger partial charge in [-0.05, 0) is 11.8 Å². The van der Waals surface area contributed by atoms with Crippen molar-refractivity contribution in [3.8, 4) is 0 Å². The van der Waals surface area contributed by atoms with Crippen molar-refractivity contribution in [3.63, 3.8) is 0 Å². The van der Waals surface area contributed by atoms with Gasteiger partial charge in [0.05, 0.1) is 26.4 Å². The molecule has 0 aromatic carbocycles. The van der Waals surface area contributed by atoms with E-state index in [2.05, 4.69) is 13.8 Å². The van der Waals surface area contributed by atoms with Crippen LogP contribution in [0.5, 0.6) is 0 Å². The molecule has 0 spiro atoms. The minimum Gasteiger partial charge on any atom is -0.381 e. The van der Waals surface area contributed by atoms with Gasteiger partial charge in [0.25, 0.3) is 0 Å². The Morgan fingerprint density at radius 2 is 1.33 bits per heavy atom. The molecule has 2 saturated heterocycles. The second-order valence-corrected chi connectivity index (χ2v) is 5.88. The molecule has 104 valence electrons. The number of carbonyl (C=O) groups is 1. The van der Waals surface area contributed by atoms with E-state index in [0.717, 1.165) is 52.1 Å². The van der Waals surface area contributed by atoms with Crippen molar-refractivity contribution in [2.24, 2.45) is 23.7 Å². The summed E-state index contributed by atoms with van der Waals surface area (Å²) >= 11 is 0. The number of ketones is 1. The van der Waals surface area contributed by atoms with E-state index in [1.807, 2.05) is 0 Å². The Labute approximate surface area is 110 Å². The van der Waals surface area contributed by atoms with E-state index in [-0.39, 0.29) is 0 Å². The molecule has 2 heterocycles. The maximum atomic E-state index is 12.2. The molecule has 3 nitrogen and oxygen atoms in total. The number of hydrogen-bond donors (Lipinski definition) is 0. The average Bonchev–Trinajstić information content (AvgIpc) is 2.22. The van der Waals surface area contributed by atoms with Gasteiger partial charge < -0.3 is 9.47 Å². The summed E-state index contributed by atoms with van der Waals surface area (Å²) in [5, 5.41) is 0. The summed E-state index contributed by atoms with van der Waals surface area (Å²) in [5.74, 6) is 2.80. The number of Topliss-reactive ketones (excluding diaryl/α,β-unsaturated/α-hetero) is 1. The van der Waals surface area contributed by atoms with E-state index in [1.54, 1.807) is 0 Å². The molecule has 0 saturated carbocycles. The molecule has 0 N–H and O–H groups in total. The van der Waals surface area contributed by atoms with Crippen LogP contribution in [0, 0.1) is 23.7 Å². The zero-order valence-corrected chi connectivity index (χ0v) is 11.7. The fraction of sp³-hybridized carbons (Fsp3) is 0.933. The number of hydrogen-bond acceptors (Lipinski definition) is 3. The van der Waals surface area contributed by atoms with E-state index in [0.29, 0.717) is 29.5 Å². The van der Waals surface area contributed by atoms with Crippen molar-refractivity contribution in [2.75, 3.05) is 26.4 Å². The summed E-state index contributed by atoms with van der Waals surface area (Å²) < 4.78 is 10.5. The Kier molecular flexibility index (Phi) is 5.19. The van der Waals surface area contributed by atoms with Crippen LogP contribution < -0.4 is 0 Å². The molecule has 2 atom stereocenters. The van der Waals surface area contributed by atoms with Crippen molar-refractivity contribution >= 4 is 5.78 Å². The first-order valence-electron chi connectivity index (χ1n) is 7.41. The molecule has 0 aliphatic carbocycles. The molecule has 18 heavy (non-hydrogen) atoms. The number of carbonyl (C=O) groups excluding carboxylic acids is 1. The summed E-state index contributed by atoms with van der Waals surface area (Å²) in [6.45, 7) is 7.82. The second kappa shape index (κ2) is 6.67. The molecule has 3 heteroatoms. The van der Waals surface area contributed by atoms with Crippen molar-refractivity contribution in [1.82, 2.24) is 0 Å². The minimum absolute atomic E-state index is 0.451. The van der Waals surface area contributed by atoms with Crippen LogP contribution in [0.15, 0.2) is 0 Å². The van der Waals surface area contributed by atoms with Crippen molar-refractivity contribution in [2.45, 2.75) is 39.5 Å². The summed E-state index contributed by atoms with van der Waals surface area (Å²) in [5.41, 5.74) is 0. The quantitative estimate of drug-likeness (QED) is 0.668. The Morgan fingerprint density at radius 3 is 1.56 bits per heavy atom. The van der Waals surface area contributed by atoms with Crippen LogP contribution in [0.1, 0.15) is 39.5 Å². The highest BCUT2D eigenvalue weighted by atomic mass is 16.5. The van der Waals surface area contributed by atoms with Gasteiger partial charge in [-0.25, -0.2) is 0 Å². The zero-order chi connectivity index (χ0) is 13.0. The molecule has 0 bridgehead atoms. The summed E-state index contributed by atoms with van der Waals surface area (Å²) in [4.78, 5) is 12.2. The first-order valence-corrected chi connectivity index (χ1v) is 7.41. The molecule has 0 radical (unpaired) electrons. The van der Waals surface area contributed by atoms with Gasteiger partial charge in [0.15, 0.2) is 0 Å². The largest absolute Gasteiger partial charge is 0.381 e. The molecule has 2 unspecified atom stereocenters. The van der Waals surface area contributed by atoms with E-state index in [9.17, 15) is 4.79 Å². The fourth-order valence-corrected chi connectivity index (χ4v) is 3.01. The first-order chi connectivity index (χ1) is 8.74. The van der Waals surface area contributed by atoms with Crippen molar-refractivity contribution in [3.05, 3.63) is 0 Å². The lowest BCUT2D eigenvalue weighted by atomic mass is 9.80. The van der Waals surface area contributed by atoms with Gasteiger partial charge >= 0.3 is 0 Å². The third-order valence-electron chi connectivity index (χ3n) is 4.69. The van der Waals surface area contributed by atoms with Crippen molar-refractivity contribution in [1.29, 1.82) is 0 Å². The Morgan fingerprint density at radius 1 is 0.944 bits per heavy atom. The molecule has 2 aliphatic rings. The molecule has 0 amide bonds. The van der Waals surface area contributed by atoms with Crippen LogP contribution >= 0.6 is 0 Å². The zero-order valence-electron chi connectivity index (χ0n) is 11.7. The average molecular weight is 254 g/mol. The minimum atomic E-state index is 0.451. The Balaban J connectivity index is 1.75. The molecule has 0 aromatic rings. The molecular formula is C15H26O3. The molecule has 2 fully saturated rings. The van der Waals surface area contributed by atoms with Gasteiger partial charge in [0, 0.05) is 24.7 Å². The lowest BCUT2D eigenvalue weighted by molar-refractivity contribution is -0.126. The summed E-state index contributed by atoms with van der Waals surface area (Å²) in [7, 11) is 0. The van der Waals surface area contributed by atoms with Gasteiger partial charge in [0.1, 0.15) is 5.78 Å². The second-order valence-electron chi connectivity index (χ2n) is 5.88. The summed E-state index contributed by atoms with van der Waals surface area (Å²) in [6.07, 6.45) is 3.72. The van der Waals surface area contributed by atoms with Crippen LogP contribution in [0.25, 0.3) is 0 Å². The Bertz CT molecular complexity index is 243. The van der Waals surface area contributed by atoms with Gasteiger partial charge in [-0.1, -0.05) is 26.7 Å². The standard InChI is InChI=1S/C15H26O3/c1-3-11(13-7-17-8-13)5-15(16)6-12(4-2)14-9-18-10-14/h11-14H,3-10H2,1-2H3.